The van der Waals surface area contributed by atoms with E-state index in [0.29, 0.717) is 30.8 Å². The maximum Gasteiger partial charge on any atom is 0.161 e. The molecule has 154 valence electrons. The zero-order valence-corrected chi connectivity index (χ0v) is 18.2. The van der Waals surface area contributed by atoms with E-state index >= 15 is 0 Å². The maximum atomic E-state index is 12.1. The highest BCUT2D eigenvalue weighted by atomic mass is 32.2. The molecule has 5 heteroatoms. The van der Waals surface area contributed by atoms with Crippen LogP contribution in [0.25, 0.3) is 0 Å². The molecule has 27 heavy (non-hydrogen) atoms. The fourth-order valence-corrected chi connectivity index (χ4v) is 5.20. The van der Waals surface area contributed by atoms with Gasteiger partial charge in [-0.25, -0.2) is 8.42 Å². The van der Waals surface area contributed by atoms with Crippen molar-refractivity contribution in [1.82, 2.24) is 0 Å². The van der Waals surface area contributed by atoms with E-state index in [0.717, 1.165) is 50.0 Å². The first-order chi connectivity index (χ1) is 12.9. The summed E-state index contributed by atoms with van der Waals surface area (Å²) in [6, 6.07) is 6.25. The molecule has 0 aromatic heterocycles. The number of rotatable bonds is 10. The second-order valence-electron chi connectivity index (χ2n) is 7.95. The third-order valence-electron chi connectivity index (χ3n) is 5.60. The summed E-state index contributed by atoms with van der Waals surface area (Å²) in [4.78, 5) is 0. The predicted octanol–water partition coefficient (Wildman–Crippen LogP) is 5.05. The molecule has 0 amide bonds. The molecule has 4 nitrogen and oxygen atoms in total. The van der Waals surface area contributed by atoms with Crippen molar-refractivity contribution >= 4 is 9.84 Å². The van der Waals surface area contributed by atoms with E-state index in [1.54, 1.807) is 13.8 Å². The van der Waals surface area contributed by atoms with Gasteiger partial charge in [-0.1, -0.05) is 18.9 Å². The molecule has 0 atom stereocenters. The SMILES string of the molecule is CCOc1ccc(CCC2CCC(CS(=O)(=O)C(C)C)CC2)cc1OCC. The van der Waals surface area contributed by atoms with Gasteiger partial charge in [0, 0.05) is 0 Å². The average molecular weight is 397 g/mol. The van der Waals surface area contributed by atoms with Crippen molar-refractivity contribution in [1.29, 1.82) is 0 Å². The standard InChI is InChI=1S/C22H36O4S/c1-5-25-21-14-13-19(15-22(21)26-6-2)10-7-18-8-11-20(12-9-18)16-27(23,24)17(3)4/h13-15,17-18,20H,5-12,16H2,1-4H3. The summed E-state index contributed by atoms with van der Waals surface area (Å²) in [7, 11) is -2.92. The van der Waals surface area contributed by atoms with Crippen molar-refractivity contribution in [3.05, 3.63) is 23.8 Å². The van der Waals surface area contributed by atoms with E-state index < -0.39 is 9.84 Å². The van der Waals surface area contributed by atoms with Gasteiger partial charge in [0.2, 0.25) is 0 Å². The van der Waals surface area contributed by atoms with Crippen LogP contribution in [0.2, 0.25) is 0 Å². The van der Waals surface area contributed by atoms with Crippen molar-refractivity contribution in [2.24, 2.45) is 11.8 Å². The van der Waals surface area contributed by atoms with E-state index in [2.05, 4.69) is 12.1 Å². The number of ether oxygens (including phenoxy) is 2. The molecule has 0 saturated heterocycles. The summed E-state index contributed by atoms with van der Waals surface area (Å²) in [5.74, 6) is 3.07. The van der Waals surface area contributed by atoms with Gasteiger partial charge in [0.25, 0.3) is 0 Å². The van der Waals surface area contributed by atoms with Crippen molar-refractivity contribution in [3.63, 3.8) is 0 Å². The number of sulfone groups is 1. The third kappa shape index (κ3) is 6.70. The Kier molecular flexibility index (Phi) is 8.46. The van der Waals surface area contributed by atoms with Crippen LogP contribution in [0, 0.1) is 11.8 Å². The summed E-state index contributed by atoms with van der Waals surface area (Å²) >= 11 is 0. The van der Waals surface area contributed by atoms with Gasteiger partial charge >= 0.3 is 0 Å². The summed E-state index contributed by atoms with van der Waals surface area (Å²) in [6.45, 7) is 8.80. The topological polar surface area (TPSA) is 52.6 Å². The summed E-state index contributed by atoms with van der Waals surface area (Å²) in [5, 5.41) is -0.255. The van der Waals surface area contributed by atoms with Crippen LogP contribution < -0.4 is 9.47 Å². The first-order valence-corrected chi connectivity index (χ1v) is 12.2. The Morgan fingerprint density at radius 2 is 1.56 bits per heavy atom. The molecular formula is C22H36O4S. The lowest BCUT2D eigenvalue weighted by atomic mass is 9.80. The third-order valence-corrected chi connectivity index (χ3v) is 7.97. The predicted molar refractivity (Wildman–Crippen MR) is 111 cm³/mol. The van der Waals surface area contributed by atoms with Gasteiger partial charge in [0.1, 0.15) is 0 Å². The van der Waals surface area contributed by atoms with Gasteiger partial charge in [-0.05, 0) is 82.9 Å². The second kappa shape index (κ2) is 10.4. The van der Waals surface area contributed by atoms with Crippen LogP contribution in [-0.2, 0) is 16.3 Å². The normalized spacial score (nSPS) is 20.6. The quantitative estimate of drug-likeness (QED) is 0.555. The Morgan fingerprint density at radius 3 is 2.15 bits per heavy atom. The van der Waals surface area contributed by atoms with Gasteiger partial charge in [0.15, 0.2) is 21.3 Å². The highest BCUT2D eigenvalue weighted by molar-refractivity contribution is 7.91. The number of benzene rings is 1. The van der Waals surface area contributed by atoms with Crippen LogP contribution in [-0.4, -0.2) is 32.6 Å². The molecule has 0 spiro atoms. The van der Waals surface area contributed by atoms with E-state index in [1.807, 2.05) is 19.9 Å². The fourth-order valence-electron chi connectivity index (χ4n) is 3.83. The second-order valence-corrected chi connectivity index (χ2v) is 10.6. The molecule has 1 aliphatic rings. The van der Waals surface area contributed by atoms with Crippen molar-refractivity contribution in [2.45, 2.75) is 71.5 Å². The Balaban J connectivity index is 1.83. The van der Waals surface area contributed by atoms with Crippen LogP contribution >= 0.6 is 0 Å². The Morgan fingerprint density at radius 1 is 0.963 bits per heavy atom. The van der Waals surface area contributed by atoms with Crippen LogP contribution in [0.3, 0.4) is 0 Å². The Bertz CT molecular complexity index is 674. The molecule has 0 bridgehead atoms. The van der Waals surface area contributed by atoms with Crippen molar-refractivity contribution in [3.8, 4) is 11.5 Å². The van der Waals surface area contributed by atoms with Gasteiger partial charge in [-0.3, -0.25) is 0 Å². The number of aryl methyl sites for hydroxylation is 1. The smallest absolute Gasteiger partial charge is 0.161 e. The van der Waals surface area contributed by atoms with Gasteiger partial charge in [-0.2, -0.15) is 0 Å². The lowest BCUT2D eigenvalue weighted by Gasteiger charge is -2.29. The van der Waals surface area contributed by atoms with Crippen LogP contribution in [0.1, 0.15) is 65.4 Å². The van der Waals surface area contributed by atoms with Crippen molar-refractivity contribution < 1.29 is 17.9 Å². The molecule has 0 heterocycles. The van der Waals surface area contributed by atoms with Gasteiger partial charge < -0.3 is 9.47 Å². The molecule has 2 rings (SSSR count). The minimum Gasteiger partial charge on any atom is -0.490 e. The summed E-state index contributed by atoms with van der Waals surface area (Å²) < 4.78 is 35.6. The Labute approximate surface area is 165 Å². The molecule has 0 unspecified atom stereocenters. The minimum atomic E-state index is -2.92. The van der Waals surface area contributed by atoms with Crippen LogP contribution in [0.15, 0.2) is 18.2 Å². The molecular weight excluding hydrogens is 360 g/mol. The molecule has 1 saturated carbocycles. The zero-order chi connectivity index (χ0) is 19.9. The van der Waals surface area contributed by atoms with E-state index in [9.17, 15) is 8.42 Å². The molecule has 1 aromatic rings. The first-order valence-electron chi connectivity index (χ1n) is 10.5. The van der Waals surface area contributed by atoms with Crippen LogP contribution in [0.5, 0.6) is 11.5 Å². The number of hydrogen-bond acceptors (Lipinski definition) is 4. The van der Waals surface area contributed by atoms with E-state index in [1.165, 1.54) is 5.56 Å². The lowest BCUT2D eigenvalue weighted by Crippen LogP contribution is -2.26. The maximum absolute atomic E-state index is 12.1. The van der Waals surface area contributed by atoms with Gasteiger partial charge in [0.05, 0.1) is 24.2 Å². The molecule has 0 radical (unpaired) electrons. The summed E-state index contributed by atoms with van der Waals surface area (Å²) in [5.41, 5.74) is 1.28. The molecule has 1 aromatic carbocycles. The highest BCUT2D eigenvalue weighted by Gasteiger charge is 2.27. The van der Waals surface area contributed by atoms with Crippen LogP contribution in [0.4, 0.5) is 0 Å². The lowest BCUT2D eigenvalue weighted by molar-refractivity contribution is 0.277. The monoisotopic (exact) mass is 396 g/mol. The average Bonchev–Trinajstić information content (AvgIpc) is 2.63. The van der Waals surface area contributed by atoms with Gasteiger partial charge in [-0.15, -0.1) is 0 Å². The largest absolute Gasteiger partial charge is 0.490 e. The van der Waals surface area contributed by atoms with E-state index in [-0.39, 0.29) is 5.25 Å². The fraction of sp³-hybridized carbons (Fsp3) is 0.727. The molecule has 1 fully saturated rings. The molecule has 0 N–H and O–H groups in total. The number of hydrogen-bond donors (Lipinski definition) is 0. The molecule has 1 aliphatic carbocycles. The Hall–Kier alpha value is -1.23. The minimum absolute atomic E-state index is 0.255. The van der Waals surface area contributed by atoms with E-state index in [4.69, 9.17) is 9.47 Å². The molecule has 0 aliphatic heterocycles. The first kappa shape index (κ1) is 22.1. The van der Waals surface area contributed by atoms with Crippen molar-refractivity contribution in [2.75, 3.05) is 19.0 Å². The summed E-state index contributed by atoms with van der Waals surface area (Å²) in [6.07, 6.45) is 6.57. The highest BCUT2D eigenvalue weighted by Crippen LogP contribution is 2.34. The zero-order valence-electron chi connectivity index (χ0n) is 17.4.